The molecule has 3 rings (SSSR count). The van der Waals surface area contributed by atoms with Gasteiger partial charge in [-0.1, -0.05) is 19.9 Å². The fourth-order valence-corrected chi connectivity index (χ4v) is 2.82. The van der Waals surface area contributed by atoms with Gasteiger partial charge < -0.3 is 19.3 Å². The highest BCUT2D eigenvalue weighted by molar-refractivity contribution is 5.86. The van der Waals surface area contributed by atoms with E-state index >= 15 is 0 Å². The molecule has 0 bridgehead atoms. The van der Waals surface area contributed by atoms with Crippen LogP contribution in [0.4, 0.5) is 0 Å². The Kier molecular flexibility index (Phi) is 6.67. The van der Waals surface area contributed by atoms with Crippen molar-refractivity contribution >= 4 is 10.8 Å². The molecule has 5 nitrogen and oxygen atoms in total. The second-order valence-corrected chi connectivity index (χ2v) is 5.41. The normalized spacial score (nSPS) is 10.0. The highest BCUT2D eigenvalue weighted by Crippen LogP contribution is 2.39. The Balaban J connectivity index is 0.00000117. The Morgan fingerprint density at radius 3 is 2.12 bits per heavy atom. The smallest absolute Gasteiger partial charge is 0.203 e. The molecule has 0 aliphatic carbocycles. The van der Waals surface area contributed by atoms with Crippen LogP contribution in [0.1, 0.15) is 25.0 Å². The highest BCUT2D eigenvalue weighted by atomic mass is 16.5. The first-order valence-electron chi connectivity index (χ1n) is 8.50. The maximum Gasteiger partial charge on any atom is 0.203 e. The molecule has 0 saturated carbocycles. The van der Waals surface area contributed by atoms with Crippen LogP contribution in [0.25, 0.3) is 10.8 Å². The maximum absolute atomic E-state index is 9.63. The first-order valence-corrected chi connectivity index (χ1v) is 8.50. The number of hydrogen-bond donors (Lipinski definition) is 1. The molecule has 5 heteroatoms. The summed E-state index contributed by atoms with van der Waals surface area (Å²) in [4.78, 5) is 4.27. The number of ether oxygens (including phenoxy) is 3. The van der Waals surface area contributed by atoms with Crippen LogP contribution in [0.3, 0.4) is 0 Å². The summed E-state index contributed by atoms with van der Waals surface area (Å²) in [6, 6.07) is 9.16. The quantitative estimate of drug-likeness (QED) is 0.726. The predicted octanol–water partition coefficient (Wildman–Crippen LogP) is 4.58. The Bertz CT molecular complexity index is 852. The van der Waals surface area contributed by atoms with Crippen LogP contribution in [0, 0.1) is 0 Å². The van der Waals surface area contributed by atoms with Gasteiger partial charge in [-0.3, -0.25) is 4.98 Å². The van der Waals surface area contributed by atoms with Crippen LogP contribution in [0.2, 0.25) is 0 Å². The third kappa shape index (κ3) is 3.99. The highest BCUT2D eigenvalue weighted by Gasteiger charge is 2.14. The first kappa shape index (κ1) is 19.4. The van der Waals surface area contributed by atoms with E-state index in [1.54, 1.807) is 39.7 Å². The lowest BCUT2D eigenvalue weighted by Gasteiger charge is -2.14. The van der Waals surface area contributed by atoms with Crippen molar-refractivity contribution in [1.29, 1.82) is 0 Å². The molecule has 0 spiro atoms. The Labute approximate surface area is 154 Å². The number of phenolic OH excluding ortho intramolecular Hbond substituents is 1. The van der Waals surface area contributed by atoms with Gasteiger partial charge in [-0.15, -0.1) is 0 Å². The number of rotatable bonds is 5. The molecule has 2 aromatic carbocycles. The molecule has 138 valence electrons. The summed E-state index contributed by atoms with van der Waals surface area (Å²) in [5.41, 5.74) is 2.08. The van der Waals surface area contributed by atoms with Crippen molar-refractivity contribution in [3.8, 4) is 23.0 Å². The van der Waals surface area contributed by atoms with E-state index < -0.39 is 0 Å². The molecule has 0 amide bonds. The van der Waals surface area contributed by atoms with Gasteiger partial charge in [-0.2, -0.15) is 0 Å². The molecule has 1 aromatic heterocycles. The van der Waals surface area contributed by atoms with Crippen LogP contribution < -0.4 is 14.2 Å². The van der Waals surface area contributed by atoms with E-state index in [4.69, 9.17) is 14.2 Å². The van der Waals surface area contributed by atoms with E-state index in [0.717, 1.165) is 21.9 Å². The summed E-state index contributed by atoms with van der Waals surface area (Å²) in [6.07, 6.45) is 4.24. The van der Waals surface area contributed by atoms with Crippen LogP contribution in [0.5, 0.6) is 23.0 Å². The number of phenols is 1. The van der Waals surface area contributed by atoms with Crippen molar-refractivity contribution < 1.29 is 19.3 Å². The van der Waals surface area contributed by atoms with Gasteiger partial charge in [0.25, 0.3) is 0 Å². The Morgan fingerprint density at radius 2 is 1.54 bits per heavy atom. The summed E-state index contributed by atoms with van der Waals surface area (Å²) in [5, 5.41) is 11.6. The zero-order valence-electron chi connectivity index (χ0n) is 15.9. The number of methoxy groups -OCH3 is 3. The molecule has 0 aliphatic heterocycles. The summed E-state index contributed by atoms with van der Waals surface area (Å²) >= 11 is 0. The van der Waals surface area contributed by atoms with Crippen LogP contribution >= 0.6 is 0 Å². The minimum atomic E-state index is 0.231. The van der Waals surface area contributed by atoms with Gasteiger partial charge in [-0.05, 0) is 47.2 Å². The predicted molar refractivity (Wildman–Crippen MR) is 104 cm³/mol. The SMILES string of the molecule is CC.COc1cc(Cc2cncc3cc(O)ccc23)cc(OC)c1OC. The summed E-state index contributed by atoms with van der Waals surface area (Å²) in [7, 11) is 4.79. The molecule has 1 heterocycles. The average molecular weight is 355 g/mol. The molecule has 3 aromatic rings. The fourth-order valence-electron chi connectivity index (χ4n) is 2.82. The number of hydrogen-bond acceptors (Lipinski definition) is 5. The van der Waals surface area contributed by atoms with E-state index in [0.29, 0.717) is 23.7 Å². The zero-order chi connectivity index (χ0) is 19.1. The van der Waals surface area contributed by atoms with Gasteiger partial charge in [0.2, 0.25) is 5.75 Å². The minimum Gasteiger partial charge on any atom is -0.508 e. The number of fused-ring (bicyclic) bond motifs is 1. The van der Waals surface area contributed by atoms with Gasteiger partial charge in [0.05, 0.1) is 21.3 Å². The molecule has 0 saturated heterocycles. The Morgan fingerprint density at radius 1 is 0.885 bits per heavy atom. The summed E-state index contributed by atoms with van der Waals surface area (Å²) < 4.78 is 16.2. The Hall–Kier alpha value is -2.95. The van der Waals surface area contributed by atoms with Crippen molar-refractivity contribution in [2.45, 2.75) is 20.3 Å². The number of aromatic nitrogens is 1. The third-order valence-corrected chi connectivity index (χ3v) is 3.94. The topological polar surface area (TPSA) is 60.8 Å². The lowest BCUT2D eigenvalue weighted by atomic mass is 10.00. The fraction of sp³-hybridized carbons (Fsp3) is 0.286. The molecule has 1 N–H and O–H groups in total. The van der Waals surface area contributed by atoms with E-state index in [1.165, 1.54) is 0 Å². The van der Waals surface area contributed by atoms with Crippen molar-refractivity contribution in [1.82, 2.24) is 4.98 Å². The summed E-state index contributed by atoms with van der Waals surface area (Å²) in [5.74, 6) is 2.05. The standard InChI is InChI=1S/C19H19NO4.C2H6/c1-22-17-7-12(8-18(23-2)19(17)24-3)6-13-10-20-11-14-9-15(21)4-5-16(13)14;1-2/h4-5,7-11,21H,6H2,1-3H3;1-2H3. The molecule has 0 fully saturated rings. The van der Waals surface area contributed by atoms with Gasteiger partial charge in [0, 0.05) is 17.8 Å². The number of pyridine rings is 1. The number of nitrogens with zero attached hydrogens (tertiary/aromatic N) is 1. The van der Waals surface area contributed by atoms with E-state index in [-0.39, 0.29) is 5.75 Å². The van der Waals surface area contributed by atoms with Crippen molar-refractivity contribution in [3.05, 3.63) is 53.9 Å². The molecular weight excluding hydrogens is 330 g/mol. The van der Waals surface area contributed by atoms with Gasteiger partial charge in [-0.25, -0.2) is 0 Å². The van der Waals surface area contributed by atoms with Crippen LogP contribution in [-0.2, 0) is 6.42 Å². The van der Waals surface area contributed by atoms with Gasteiger partial charge >= 0.3 is 0 Å². The van der Waals surface area contributed by atoms with Crippen LogP contribution in [-0.4, -0.2) is 31.4 Å². The van der Waals surface area contributed by atoms with Gasteiger partial charge in [0.15, 0.2) is 11.5 Å². The van der Waals surface area contributed by atoms with E-state index in [9.17, 15) is 5.11 Å². The molecule has 0 unspecified atom stereocenters. The molecular formula is C21H25NO4. The van der Waals surface area contributed by atoms with Crippen molar-refractivity contribution in [2.24, 2.45) is 0 Å². The minimum absolute atomic E-state index is 0.231. The molecule has 0 aliphatic rings. The second kappa shape index (κ2) is 8.94. The zero-order valence-corrected chi connectivity index (χ0v) is 15.9. The van der Waals surface area contributed by atoms with E-state index in [2.05, 4.69) is 4.98 Å². The lowest BCUT2D eigenvalue weighted by Crippen LogP contribution is -1.98. The number of benzene rings is 2. The molecule has 26 heavy (non-hydrogen) atoms. The third-order valence-electron chi connectivity index (χ3n) is 3.94. The van der Waals surface area contributed by atoms with Gasteiger partial charge in [0.1, 0.15) is 5.75 Å². The lowest BCUT2D eigenvalue weighted by molar-refractivity contribution is 0.324. The largest absolute Gasteiger partial charge is 0.508 e. The maximum atomic E-state index is 9.63. The van der Waals surface area contributed by atoms with Crippen molar-refractivity contribution in [3.63, 3.8) is 0 Å². The van der Waals surface area contributed by atoms with Crippen molar-refractivity contribution in [2.75, 3.05) is 21.3 Å². The van der Waals surface area contributed by atoms with Crippen LogP contribution in [0.15, 0.2) is 42.7 Å². The second-order valence-electron chi connectivity index (χ2n) is 5.41. The summed E-state index contributed by atoms with van der Waals surface area (Å²) in [6.45, 7) is 4.00. The number of aromatic hydroxyl groups is 1. The first-order chi connectivity index (χ1) is 12.7. The molecule has 0 atom stereocenters. The molecule has 0 radical (unpaired) electrons. The average Bonchev–Trinajstić information content (AvgIpc) is 2.68. The monoisotopic (exact) mass is 355 g/mol. The van der Waals surface area contributed by atoms with E-state index in [1.807, 2.05) is 38.2 Å².